The highest BCUT2D eigenvalue weighted by molar-refractivity contribution is 8.00. The number of esters is 1. The predicted molar refractivity (Wildman–Crippen MR) is 132 cm³/mol. The van der Waals surface area contributed by atoms with Crippen LogP contribution in [0.4, 0.5) is 11.4 Å². The first kappa shape index (κ1) is 24.0. The van der Waals surface area contributed by atoms with Crippen LogP contribution in [0.2, 0.25) is 0 Å². The van der Waals surface area contributed by atoms with Crippen molar-refractivity contribution >= 4 is 46.8 Å². The molecule has 9 heteroatoms. The Hall–Kier alpha value is -4.11. The number of ether oxygens (including phenoxy) is 2. The quantitative estimate of drug-likeness (QED) is 0.377. The molecule has 0 radical (unpaired) electrons. The van der Waals surface area contributed by atoms with Crippen LogP contribution in [0.5, 0.6) is 5.75 Å². The topological polar surface area (TPSA) is 102 Å². The van der Waals surface area contributed by atoms with Crippen molar-refractivity contribution in [2.45, 2.75) is 16.6 Å². The number of anilines is 2. The minimum atomic E-state index is -0.567. The second kappa shape index (κ2) is 10.9. The van der Waals surface area contributed by atoms with Crippen LogP contribution < -0.4 is 15.0 Å². The Balaban J connectivity index is 1.33. The van der Waals surface area contributed by atoms with Gasteiger partial charge in [0.2, 0.25) is 11.8 Å². The van der Waals surface area contributed by atoms with E-state index < -0.39 is 11.2 Å². The summed E-state index contributed by atoms with van der Waals surface area (Å²) in [7, 11) is 1.28. The maximum absolute atomic E-state index is 12.9. The predicted octanol–water partition coefficient (Wildman–Crippen LogP) is 3.91. The minimum absolute atomic E-state index is 0.0670. The van der Waals surface area contributed by atoms with Crippen LogP contribution in [0.3, 0.4) is 0 Å². The fourth-order valence-electron chi connectivity index (χ4n) is 3.48. The molecular formula is C26H22N2O6S. The van der Waals surface area contributed by atoms with Crippen molar-refractivity contribution in [3.8, 4) is 5.75 Å². The molecule has 35 heavy (non-hydrogen) atoms. The molecule has 3 aromatic carbocycles. The largest absolute Gasteiger partial charge is 0.484 e. The Bertz CT molecular complexity index is 1230. The number of hydrogen-bond acceptors (Lipinski definition) is 7. The minimum Gasteiger partial charge on any atom is -0.484 e. The number of methoxy groups -OCH3 is 1. The second-order valence-electron chi connectivity index (χ2n) is 7.59. The van der Waals surface area contributed by atoms with Gasteiger partial charge in [0.1, 0.15) is 5.75 Å². The zero-order valence-corrected chi connectivity index (χ0v) is 19.6. The molecule has 1 N–H and O–H groups in total. The van der Waals surface area contributed by atoms with Gasteiger partial charge in [-0.1, -0.05) is 18.2 Å². The Kier molecular flexibility index (Phi) is 7.47. The van der Waals surface area contributed by atoms with E-state index >= 15 is 0 Å². The molecule has 0 spiro atoms. The van der Waals surface area contributed by atoms with E-state index in [2.05, 4.69) is 10.1 Å². The van der Waals surface area contributed by atoms with Crippen molar-refractivity contribution in [3.63, 3.8) is 0 Å². The van der Waals surface area contributed by atoms with E-state index in [1.165, 1.54) is 31.0 Å². The first-order valence-electron chi connectivity index (χ1n) is 10.7. The van der Waals surface area contributed by atoms with Crippen molar-refractivity contribution in [3.05, 3.63) is 84.4 Å². The maximum atomic E-state index is 12.9. The van der Waals surface area contributed by atoms with Gasteiger partial charge in [0.15, 0.2) is 6.61 Å². The summed E-state index contributed by atoms with van der Waals surface area (Å²) < 4.78 is 10.1. The van der Waals surface area contributed by atoms with Gasteiger partial charge in [-0.3, -0.25) is 14.4 Å². The molecule has 1 aliphatic heterocycles. The first-order valence-corrected chi connectivity index (χ1v) is 11.6. The molecule has 1 unspecified atom stereocenters. The standard InChI is InChI=1S/C26H22N2O6S/c1-33-26(32)17-7-11-19(12-8-17)28-24(30)15-22(25(28)31)35-21-13-9-18(10-14-21)27-23(29)16-34-20-5-3-2-4-6-20/h2-14,22H,15-16H2,1H3,(H,27,29). The highest BCUT2D eigenvalue weighted by atomic mass is 32.2. The van der Waals surface area contributed by atoms with E-state index in [1.54, 1.807) is 48.5 Å². The molecule has 3 aromatic rings. The lowest BCUT2D eigenvalue weighted by Crippen LogP contribution is -2.31. The molecule has 178 valence electrons. The number of rotatable bonds is 8. The number of thioether (sulfide) groups is 1. The summed E-state index contributed by atoms with van der Waals surface area (Å²) in [5.74, 6) is -0.799. The summed E-state index contributed by atoms with van der Waals surface area (Å²) in [5, 5.41) is 2.19. The van der Waals surface area contributed by atoms with Gasteiger partial charge in [0, 0.05) is 17.0 Å². The molecule has 4 rings (SSSR count). The van der Waals surface area contributed by atoms with Crippen LogP contribution in [0.25, 0.3) is 0 Å². The average Bonchev–Trinajstić information content (AvgIpc) is 3.16. The van der Waals surface area contributed by atoms with Crippen LogP contribution in [0.15, 0.2) is 83.8 Å². The van der Waals surface area contributed by atoms with E-state index in [-0.39, 0.29) is 30.7 Å². The number of para-hydroxylation sites is 1. The van der Waals surface area contributed by atoms with Crippen LogP contribution in [0.1, 0.15) is 16.8 Å². The third-order valence-electron chi connectivity index (χ3n) is 5.18. The number of nitrogens with zero attached hydrogens (tertiary/aromatic N) is 1. The van der Waals surface area contributed by atoms with Crippen molar-refractivity contribution < 1.29 is 28.7 Å². The number of carbonyl (C=O) groups is 4. The van der Waals surface area contributed by atoms with Crippen LogP contribution in [-0.4, -0.2) is 42.7 Å². The zero-order valence-electron chi connectivity index (χ0n) is 18.8. The van der Waals surface area contributed by atoms with E-state index in [0.29, 0.717) is 22.7 Å². The molecule has 3 amide bonds. The number of amides is 3. The smallest absolute Gasteiger partial charge is 0.337 e. The molecule has 0 bridgehead atoms. The molecule has 1 atom stereocenters. The van der Waals surface area contributed by atoms with E-state index in [9.17, 15) is 19.2 Å². The van der Waals surface area contributed by atoms with Gasteiger partial charge >= 0.3 is 5.97 Å². The van der Waals surface area contributed by atoms with E-state index in [4.69, 9.17) is 4.74 Å². The molecule has 1 saturated heterocycles. The normalized spacial score (nSPS) is 15.1. The van der Waals surface area contributed by atoms with Crippen molar-refractivity contribution in [1.82, 2.24) is 0 Å². The molecule has 1 heterocycles. The summed E-state index contributed by atoms with van der Waals surface area (Å²) in [5.41, 5.74) is 1.34. The van der Waals surface area contributed by atoms with Crippen molar-refractivity contribution in [2.24, 2.45) is 0 Å². The Labute approximate surface area is 206 Å². The third kappa shape index (κ3) is 5.88. The lowest BCUT2D eigenvalue weighted by atomic mass is 10.2. The zero-order chi connectivity index (χ0) is 24.8. The SMILES string of the molecule is COC(=O)c1ccc(N2C(=O)CC(Sc3ccc(NC(=O)COc4ccccc4)cc3)C2=O)cc1. The highest BCUT2D eigenvalue weighted by Crippen LogP contribution is 2.34. The number of carbonyl (C=O) groups excluding carboxylic acids is 4. The van der Waals surface area contributed by atoms with Gasteiger partial charge in [0.05, 0.1) is 23.6 Å². The van der Waals surface area contributed by atoms with Crippen LogP contribution >= 0.6 is 11.8 Å². The number of hydrogen-bond donors (Lipinski definition) is 1. The molecule has 1 fully saturated rings. The van der Waals surface area contributed by atoms with Gasteiger partial charge in [-0.15, -0.1) is 11.8 Å². The van der Waals surface area contributed by atoms with Crippen molar-refractivity contribution in [2.75, 3.05) is 23.9 Å². The van der Waals surface area contributed by atoms with Crippen molar-refractivity contribution in [1.29, 1.82) is 0 Å². The summed E-state index contributed by atoms with van der Waals surface area (Å²) in [6.07, 6.45) is 0.0670. The van der Waals surface area contributed by atoms with Crippen LogP contribution in [-0.2, 0) is 19.1 Å². The van der Waals surface area contributed by atoms with Gasteiger partial charge in [-0.05, 0) is 60.7 Å². The van der Waals surface area contributed by atoms with Crippen LogP contribution in [0, 0.1) is 0 Å². The summed E-state index contributed by atoms with van der Waals surface area (Å²) in [4.78, 5) is 51.1. The van der Waals surface area contributed by atoms with E-state index in [0.717, 1.165) is 9.80 Å². The van der Waals surface area contributed by atoms with Gasteiger partial charge in [0.25, 0.3) is 5.91 Å². The average molecular weight is 491 g/mol. The molecular weight excluding hydrogens is 468 g/mol. The summed E-state index contributed by atoms with van der Waals surface area (Å²) >= 11 is 1.28. The lowest BCUT2D eigenvalue weighted by molar-refractivity contribution is -0.121. The summed E-state index contributed by atoms with van der Waals surface area (Å²) in [6, 6.07) is 22.2. The van der Waals surface area contributed by atoms with Gasteiger partial charge in [-0.25, -0.2) is 9.69 Å². The molecule has 0 aromatic heterocycles. The second-order valence-corrected chi connectivity index (χ2v) is 8.87. The lowest BCUT2D eigenvalue weighted by Gasteiger charge is -2.15. The molecule has 8 nitrogen and oxygen atoms in total. The fourth-order valence-corrected chi connectivity index (χ4v) is 4.53. The molecule has 0 aliphatic carbocycles. The number of nitrogens with one attached hydrogen (secondary N) is 1. The monoisotopic (exact) mass is 490 g/mol. The van der Waals surface area contributed by atoms with E-state index in [1.807, 2.05) is 18.2 Å². The fraction of sp³-hybridized carbons (Fsp3) is 0.154. The third-order valence-corrected chi connectivity index (χ3v) is 6.38. The number of benzene rings is 3. The summed E-state index contributed by atoms with van der Waals surface area (Å²) in [6.45, 7) is -0.115. The Morgan fingerprint density at radius 2 is 1.66 bits per heavy atom. The van der Waals surface area contributed by atoms with Gasteiger partial charge < -0.3 is 14.8 Å². The van der Waals surface area contributed by atoms with Gasteiger partial charge in [-0.2, -0.15) is 0 Å². The first-order chi connectivity index (χ1) is 16.9. The maximum Gasteiger partial charge on any atom is 0.337 e. The molecule has 1 aliphatic rings. The molecule has 0 saturated carbocycles. The highest BCUT2D eigenvalue weighted by Gasteiger charge is 2.40. The Morgan fingerprint density at radius 1 is 0.971 bits per heavy atom. The Morgan fingerprint density at radius 3 is 2.31 bits per heavy atom. The number of imide groups is 1.